The summed E-state index contributed by atoms with van der Waals surface area (Å²) in [4.78, 5) is 15.2. The fourth-order valence-corrected chi connectivity index (χ4v) is 1.99. The highest BCUT2D eigenvalue weighted by Gasteiger charge is 2.11. The van der Waals surface area contributed by atoms with Crippen molar-refractivity contribution < 1.29 is 0 Å². The number of hydrogen-bond acceptors (Lipinski definition) is 6. The minimum absolute atomic E-state index is 0.123. The zero-order chi connectivity index (χ0) is 14.1. The number of imidazole rings is 1. The van der Waals surface area contributed by atoms with Crippen LogP contribution in [0, 0.1) is 18.3 Å². The standard InChI is InChI=1S/C13H11N7/c1-7-3-2-4-9(8(7)5-14)18-12-10-11(17-6-16-10)19-13(15)20-12/h2-4,6H,1H3,(H4,15,16,17,18,19,20). The first-order valence-corrected chi connectivity index (χ1v) is 5.92. The largest absolute Gasteiger partial charge is 0.368 e. The van der Waals surface area contributed by atoms with E-state index in [-0.39, 0.29) is 5.95 Å². The number of nitrogen functional groups attached to an aromatic ring is 1. The summed E-state index contributed by atoms with van der Waals surface area (Å²) in [5, 5.41) is 12.3. The molecule has 98 valence electrons. The van der Waals surface area contributed by atoms with Gasteiger partial charge in [0, 0.05) is 0 Å². The summed E-state index contributed by atoms with van der Waals surface area (Å²) in [7, 11) is 0. The van der Waals surface area contributed by atoms with Gasteiger partial charge in [0.15, 0.2) is 11.5 Å². The second kappa shape index (κ2) is 4.51. The molecule has 0 aliphatic carbocycles. The molecular weight excluding hydrogens is 254 g/mol. The third-order valence-corrected chi connectivity index (χ3v) is 2.94. The lowest BCUT2D eigenvalue weighted by atomic mass is 10.1. The molecule has 7 heteroatoms. The monoisotopic (exact) mass is 265 g/mol. The van der Waals surface area contributed by atoms with Crippen LogP contribution in [0.1, 0.15) is 11.1 Å². The number of anilines is 3. The van der Waals surface area contributed by atoms with Gasteiger partial charge in [0.25, 0.3) is 0 Å². The number of nitrogens with one attached hydrogen (secondary N) is 2. The van der Waals surface area contributed by atoms with E-state index in [0.29, 0.717) is 28.2 Å². The van der Waals surface area contributed by atoms with Crippen LogP contribution in [0.5, 0.6) is 0 Å². The summed E-state index contributed by atoms with van der Waals surface area (Å²) in [5.74, 6) is 0.616. The van der Waals surface area contributed by atoms with Gasteiger partial charge in [-0.25, -0.2) is 4.98 Å². The zero-order valence-electron chi connectivity index (χ0n) is 10.7. The molecule has 20 heavy (non-hydrogen) atoms. The molecule has 0 unspecified atom stereocenters. The lowest BCUT2D eigenvalue weighted by Crippen LogP contribution is -2.02. The normalized spacial score (nSPS) is 10.4. The maximum atomic E-state index is 9.24. The predicted molar refractivity (Wildman–Crippen MR) is 75.3 cm³/mol. The molecule has 2 heterocycles. The van der Waals surface area contributed by atoms with E-state index < -0.39 is 0 Å². The van der Waals surface area contributed by atoms with Crippen molar-refractivity contribution in [2.75, 3.05) is 11.1 Å². The number of nitrogens with zero attached hydrogens (tertiary/aromatic N) is 4. The van der Waals surface area contributed by atoms with E-state index in [1.807, 2.05) is 25.1 Å². The number of benzene rings is 1. The van der Waals surface area contributed by atoms with Crippen LogP contribution in [-0.2, 0) is 0 Å². The highest BCUT2D eigenvalue weighted by atomic mass is 15.1. The van der Waals surface area contributed by atoms with E-state index in [1.165, 1.54) is 6.33 Å². The van der Waals surface area contributed by atoms with Gasteiger partial charge in [0.1, 0.15) is 11.6 Å². The molecule has 0 aliphatic heterocycles. The van der Waals surface area contributed by atoms with Crippen LogP contribution in [0.15, 0.2) is 24.5 Å². The lowest BCUT2D eigenvalue weighted by Gasteiger charge is -2.09. The fourth-order valence-electron chi connectivity index (χ4n) is 1.99. The van der Waals surface area contributed by atoms with Crippen molar-refractivity contribution in [2.24, 2.45) is 0 Å². The van der Waals surface area contributed by atoms with Gasteiger partial charge in [-0.2, -0.15) is 15.2 Å². The van der Waals surface area contributed by atoms with Crippen molar-refractivity contribution >= 4 is 28.6 Å². The minimum Gasteiger partial charge on any atom is -0.368 e. The number of nitriles is 1. The SMILES string of the molecule is Cc1cccc(Nc2nc(N)nc3nc[nH]c23)c1C#N. The third-order valence-electron chi connectivity index (χ3n) is 2.94. The molecule has 3 aromatic rings. The first-order chi connectivity index (χ1) is 9.69. The van der Waals surface area contributed by atoms with E-state index in [4.69, 9.17) is 5.73 Å². The van der Waals surface area contributed by atoms with Gasteiger partial charge in [-0.15, -0.1) is 0 Å². The third kappa shape index (κ3) is 1.89. The van der Waals surface area contributed by atoms with Crippen LogP contribution in [0.4, 0.5) is 17.5 Å². The average Bonchev–Trinajstić information content (AvgIpc) is 2.87. The predicted octanol–water partition coefficient (Wildman–Crippen LogP) is 1.86. The van der Waals surface area contributed by atoms with Crippen molar-refractivity contribution in [3.63, 3.8) is 0 Å². The highest BCUT2D eigenvalue weighted by molar-refractivity contribution is 5.86. The summed E-state index contributed by atoms with van der Waals surface area (Å²) < 4.78 is 0. The Morgan fingerprint density at radius 3 is 3.00 bits per heavy atom. The number of aryl methyl sites for hydroxylation is 1. The summed E-state index contributed by atoms with van der Waals surface area (Å²) in [5.41, 5.74) is 8.90. The van der Waals surface area contributed by atoms with Gasteiger partial charge in [-0.1, -0.05) is 12.1 Å². The number of fused-ring (bicyclic) bond motifs is 1. The first kappa shape index (κ1) is 11.9. The number of aromatic amines is 1. The molecule has 0 aliphatic rings. The van der Waals surface area contributed by atoms with Crippen LogP contribution in [0.3, 0.4) is 0 Å². The van der Waals surface area contributed by atoms with Crippen LogP contribution in [0.2, 0.25) is 0 Å². The Morgan fingerprint density at radius 1 is 1.35 bits per heavy atom. The van der Waals surface area contributed by atoms with Crippen molar-refractivity contribution in [1.82, 2.24) is 19.9 Å². The molecule has 2 aromatic heterocycles. The van der Waals surface area contributed by atoms with Crippen molar-refractivity contribution in [3.8, 4) is 6.07 Å². The van der Waals surface area contributed by atoms with Crippen LogP contribution in [-0.4, -0.2) is 19.9 Å². The Hall–Kier alpha value is -3.14. The van der Waals surface area contributed by atoms with Crippen LogP contribution >= 0.6 is 0 Å². The molecule has 3 rings (SSSR count). The molecule has 1 aromatic carbocycles. The van der Waals surface area contributed by atoms with Crippen molar-refractivity contribution in [2.45, 2.75) is 6.92 Å². The highest BCUT2D eigenvalue weighted by Crippen LogP contribution is 2.25. The minimum atomic E-state index is 0.123. The number of hydrogen-bond donors (Lipinski definition) is 3. The topological polar surface area (TPSA) is 116 Å². The average molecular weight is 265 g/mol. The Bertz CT molecular complexity index is 828. The maximum absolute atomic E-state index is 9.24. The molecule has 0 spiro atoms. The molecule has 0 bridgehead atoms. The number of aromatic nitrogens is 4. The molecular formula is C13H11N7. The van der Waals surface area contributed by atoms with Gasteiger partial charge in [0.2, 0.25) is 5.95 Å². The van der Waals surface area contributed by atoms with Crippen molar-refractivity contribution in [3.05, 3.63) is 35.7 Å². The Labute approximate surface area is 114 Å². The summed E-state index contributed by atoms with van der Waals surface area (Å²) in [6, 6.07) is 7.74. The molecule has 0 fully saturated rings. The Balaban J connectivity index is 2.13. The number of nitrogens with two attached hydrogens (primary N) is 1. The molecule has 0 radical (unpaired) electrons. The van der Waals surface area contributed by atoms with E-state index >= 15 is 0 Å². The summed E-state index contributed by atoms with van der Waals surface area (Å²) in [6.45, 7) is 1.88. The molecule has 4 N–H and O–H groups in total. The van der Waals surface area contributed by atoms with Gasteiger partial charge >= 0.3 is 0 Å². The lowest BCUT2D eigenvalue weighted by molar-refractivity contribution is 1.21. The van der Waals surface area contributed by atoms with E-state index in [2.05, 4.69) is 31.3 Å². The summed E-state index contributed by atoms with van der Waals surface area (Å²) in [6.07, 6.45) is 1.52. The molecule has 0 atom stereocenters. The fraction of sp³-hybridized carbons (Fsp3) is 0.0769. The molecule has 0 saturated carbocycles. The van der Waals surface area contributed by atoms with Crippen LogP contribution < -0.4 is 11.1 Å². The molecule has 7 nitrogen and oxygen atoms in total. The second-order valence-electron chi connectivity index (χ2n) is 4.27. The van der Waals surface area contributed by atoms with E-state index in [0.717, 1.165) is 5.56 Å². The molecule has 0 amide bonds. The van der Waals surface area contributed by atoms with Gasteiger partial charge < -0.3 is 16.0 Å². The van der Waals surface area contributed by atoms with Gasteiger partial charge in [0.05, 0.1) is 17.6 Å². The van der Waals surface area contributed by atoms with Crippen molar-refractivity contribution in [1.29, 1.82) is 5.26 Å². The van der Waals surface area contributed by atoms with Gasteiger partial charge in [-0.3, -0.25) is 0 Å². The number of rotatable bonds is 2. The summed E-state index contributed by atoms with van der Waals surface area (Å²) >= 11 is 0. The first-order valence-electron chi connectivity index (χ1n) is 5.92. The Kier molecular flexibility index (Phi) is 2.69. The Morgan fingerprint density at radius 2 is 2.20 bits per heavy atom. The maximum Gasteiger partial charge on any atom is 0.224 e. The second-order valence-corrected chi connectivity index (χ2v) is 4.27. The van der Waals surface area contributed by atoms with Gasteiger partial charge in [-0.05, 0) is 18.6 Å². The van der Waals surface area contributed by atoms with Crippen LogP contribution in [0.25, 0.3) is 11.2 Å². The molecule has 0 saturated heterocycles. The van der Waals surface area contributed by atoms with E-state index in [9.17, 15) is 5.26 Å². The smallest absolute Gasteiger partial charge is 0.224 e. The number of H-pyrrole nitrogens is 1. The van der Waals surface area contributed by atoms with E-state index in [1.54, 1.807) is 0 Å². The quantitative estimate of drug-likeness (QED) is 0.651. The zero-order valence-corrected chi connectivity index (χ0v) is 10.7.